The average molecular weight is 539 g/mol. The van der Waals surface area contributed by atoms with Gasteiger partial charge in [-0.05, 0) is 49.2 Å². The topological polar surface area (TPSA) is 114 Å². The SMILES string of the molecule is COc1ccc(CN2C(=O)CN[C@](c3ccccc3)(C(Oc3nc(C)cc(C)n3)C(=O)O)c3ccccc32)cc1. The molecule has 0 saturated heterocycles. The molecule has 9 heteroatoms. The van der Waals surface area contributed by atoms with Crippen LogP contribution in [-0.4, -0.2) is 46.7 Å². The normalized spacial score (nSPS) is 17.5. The Morgan fingerprint density at radius 2 is 1.65 bits per heavy atom. The Morgan fingerprint density at radius 3 is 2.30 bits per heavy atom. The molecule has 1 amide bonds. The Morgan fingerprint density at radius 1 is 1.00 bits per heavy atom. The van der Waals surface area contributed by atoms with Crippen LogP contribution >= 0.6 is 0 Å². The van der Waals surface area contributed by atoms with E-state index < -0.39 is 17.6 Å². The van der Waals surface area contributed by atoms with Crippen LogP contribution in [0.4, 0.5) is 5.69 Å². The number of amides is 1. The first-order valence-electron chi connectivity index (χ1n) is 12.9. The van der Waals surface area contributed by atoms with Gasteiger partial charge in [0.1, 0.15) is 11.3 Å². The lowest BCUT2D eigenvalue weighted by atomic mass is 9.77. The summed E-state index contributed by atoms with van der Waals surface area (Å²) < 4.78 is 11.4. The van der Waals surface area contributed by atoms with Crippen LogP contribution in [0.1, 0.15) is 28.1 Å². The van der Waals surface area contributed by atoms with Crippen molar-refractivity contribution in [1.29, 1.82) is 0 Å². The number of carboxylic acid groups (broad SMARTS) is 1. The van der Waals surface area contributed by atoms with Gasteiger partial charge in [-0.15, -0.1) is 0 Å². The molecule has 0 fully saturated rings. The summed E-state index contributed by atoms with van der Waals surface area (Å²) in [4.78, 5) is 37.1. The lowest BCUT2D eigenvalue weighted by Crippen LogP contribution is -2.58. The third-order valence-corrected chi connectivity index (χ3v) is 6.97. The number of ether oxygens (including phenoxy) is 2. The fourth-order valence-electron chi connectivity index (χ4n) is 5.19. The molecule has 0 radical (unpaired) electrons. The van der Waals surface area contributed by atoms with Crippen molar-refractivity contribution < 1.29 is 24.2 Å². The van der Waals surface area contributed by atoms with Crippen LogP contribution in [0.15, 0.2) is 84.9 Å². The minimum absolute atomic E-state index is 0.0508. The average Bonchev–Trinajstić information content (AvgIpc) is 3.07. The number of aromatic nitrogens is 2. The smallest absolute Gasteiger partial charge is 0.347 e. The Bertz CT molecular complexity index is 1510. The van der Waals surface area contributed by atoms with Crippen molar-refractivity contribution in [1.82, 2.24) is 15.3 Å². The van der Waals surface area contributed by atoms with Gasteiger partial charge < -0.3 is 19.5 Å². The van der Waals surface area contributed by atoms with Crippen LogP contribution in [0.3, 0.4) is 0 Å². The molecule has 0 bridgehead atoms. The molecule has 3 aromatic carbocycles. The van der Waals surface area contributed by atoms with Crippen molar-refractivity contribution in [2.45, 2.75) is 32.0 Å². The van der Waals surface area contributed by atoms with Gasteiger partial charge in [0.05, 0.1) is 20.2 Å². The van der Waals surface area contributed by atoms with Gasteiger partial charge in [0.15, 0.2) is 0 Å². The molecule has 2 N–H and O–H groups in total. The number of para-hydroxylation sites is 1. The molecule has 204 valence electrons. The maximum atomic E-state index is 13.7. The predicted molar refractivity (Wildman–Crippen MR) is 149 cm³/mol. The number of benzene rings is 3. The highest BCUT2D eigenvalue weighted by Gasteiger charge is 2.52. The highest BCUT2D eigenvalue weighted by molar-refractivity contribution is 5.97. The van der Waals surface area contributed by atoms with Crippen LogP contribution in [0.5, 0.6) is 11.8 Å². The lowest BCUT2D eigenvalue weighted by Gasteiger charge is -2.39. The van der Waals surface area contributed by atoms with E-state index >= 15 is 0 Å². The second-order valence-corrected chi connectivity index (χ2v) is 9.64. The first-order chi connectivity index (χ1) is 19.3. The second kappa shape index (κ2) is 11.2. The number of hydrogen-bond acceptors (Lipinski definition) is 7. The Labute approximate surface area is 232 Å². The maximum absolute atomic E-state index is 13.7. The first-order valence-corrected chi connectivity index (χ1v) is 12.9. The van der Waals surface area contributed by atoms with Crippen molar-refractivity contribution in [3.05, 3.63) is 113 Å². The molecule has 0 saturated carbocycles. The summed E-state index contributed by atoms with van der Waals surface area (Å²) in [7, 11) is 1.60. The summed E-state index contributed by atoms with van der Waals surface area (Å²) in [5, 5.41) is 14.0. The number of hydrogen-bond donors (Lipinski definition) is 2. The number of aryl methyl sites for hydroxylation is 2. The van der Waals surface area contributed by atoms with Crippen LogP contribution < -0.4 is 19.7 Å². The molecule has 40 heavy (non-hydrogen) atoms. The van der Waals surface area contributed by atoms with Crippen LogP contribution in [0.25, 0.3) is 0 Å². The highest BCUT2D eigenvalue weighted by Crippen LogP contribution is 2.42. The summed E-state index contributed by atoms with van der Waals surface area (Å²) in [5.41, 5.74) is 2.51. The van der Waals surface area contributed by atoms with E-state index in [0.717, 1.165) is 5.56 Å². The third kappa shape index (κ3) is 5.11. The Kier molecular flexibility index (Phi) is 7.48. The molecular formula is C31H30N4O5. The van der Waals surface area contributed by atoms with Crippen LogP contribution in [-0.2, 0) is 21.7 Å². The van der Waals surface area contributed by atoms with Gasteiger partial charge >= 0.3 is 12.0 Å². The summed E-state index contributed by atoms with van der Waals surface area (Å²) in [6.45, 7) is 3.73. The number of rotatable bonds is 8. The zero-order valence-corrected chi connectivity index (χ0v) is 22.5. The monoisotopic (exact) mass is 538 g/mol. The molecule has 1 aliphatic rings. The van der Waals surface area contributed by atoms with Gasteiger partial charge in [-0.25, -0.2) is 14.8 Å². The fourth-order valence-corrected chi connectivity index (χ4v) is 5.19. The van der Waals surface area contributed by atoms with E-state index in [9.17, 15) is 14.7 Å². The minimum Gasteiger partial charge on any atom is -0.497 e. The van der Waals surface area contributed by atoms with Crippen molar-refractivity contribution in [3.63, 3.8) is 0 Å². The van der Waals surface area contributed by atoms with E-state index in [-0.39, 0.29) is 25.0 Å². The van der Waals surface area contributed by atoms with Crippen molar-refractivity contribution >= 4 is 17.6 Å². The van der Waals surface area contributed by atoms with E-state index in [1.54, 1.807) is 31.9 Å². The zero-order valence-electron chi connectivity index (χ0n) is 22.5. The van der Waals surface area contributed by atoms with E-state index in [1.807, 2.05) is 78.9 Å². The number of nitrogens with one attached hydrogen (secondary N) is 1. The number of nitrogens with zero attached hydrogens (tertiary/aromatic N) is 3. The standard InChI is InChI=1S/C31H30N4O5/c1-20-17-21(2)34-30(33-20)40-28(29(37)38)31(23-9-5-4-6-10-23)25-11-7-8-12-26(25)35(27(36)18-32-31)19-22-13-15-24(39-3)16-14-22/h4-17,28,32H,18-19H2,1-3H3,(H,37,38)/t28?,31-/m0/s1. The maximum Gasteiger partial charge on any atom is 0.347 e. The number of methoxy groups -OCH3 is 1. The van der Waals surface area contributed by atoms with Crippen molar-refractivity contribution in [3.8, 4) is 11.8 Å². The van der Waals surface area contributed by atoms with Gasteiger partial charge in [-0.1, -0.05) is 60.7 Å². The predicted octanol–water partition coefficient (Wildman–Crippen LogP) is 4.01. The molecule has 1 unspecified atom stereocenters. The van der Waals surface area contributed by atoms with Gasteiger partial charge in [0.25, 0.3) is 0 Å². The van der Waals surface area contributed by atoms with Gasteiger partial charge in [-0.2, -0.15) is 0 Å². The fraction of sp³-hybridized carbons (Fsp3) is 0.226. The number of carboxylic acids is 1. The molecule has 2 heterocycles. The summed E-state index contributed by atoms with van der Waals surface area (Å²) in [6.07, 6.45) is -1.52. The van der Waals surface area contributed by atoms with Crippen LogP contribution in [0.2, 0.25) is 0 Å². The number of carbonyl (C=O) groups excluding carboxylic acids is 1. The number of anilines is 1. The van der Waals surface area contributed by atoms with Crippen LogP contribution in [0, 0.1) is 13.8 Å². The number of aliphatic carboxylic acids is 1. The third-order valence-electron chi connectivity index (χ3n) is 6.97. The summed E-state index contributed by atoms with van der Waals surface area (Å²) >= 11 is 0. The van der Waals surface area contributed by atoms with E-state index in [2.05, 4.69) is 15.3 Å². The molecule has 9 nitrogen and oxygen atoms in total. The van der Waals surface area contributed by atoms with E-state index in [0.29, 0.717) is 34.0 Å². The zero-order chi connectivity index (χ0) is 28.3. The van der Waals surface area contributed by atoms with Gasteiger partial charge in [0.2, 0.25) is 12.0 Å². The van der Waals surface area contributed by atoms with Crippen molar-refractivity contribution in [2.75, 3.05) is 18.6 Å². The molecule has 5 rings (SSSR count). The van der Waals surface area contributed by atoms with Gasteiger partial charge in [-0.3, -0.25) is 10.1 Å². The molecule has 1 aromatic heterocycles. The Balaban J connectivity index is 1.69. The quantitative estimate of drug-likeness (QED) is 0.346. The molecule has 4 aromatic rings. The summed E-state index contributed by atoms with van der Waals surface area (Å²) in [6, 6.07) is 25.7. The molecule has 0 spiro atoms. The Hall–Kier alpha value is -4.76. The van der Waals surface area contributed by atoms with Gasteiger partial charge in [0, 0.05) is 22.6 Å². The lowest BCUT2D eigenvalue weighted by molar-refractivity contribution is -0.149. The second-order valence-electron chi connectivity index (χ2n) is 9.64. The molecule has 1 aliphatic heterocycles. The van der Waals surface area contributed by atoms with E-state index in [1.165, 1.54) is 0 Å². The largest absolute Gasteiger partial charge is 0.497 e. The van der Waals surface area contributed by atoms with Crippen molar-refractivity contribution in [2.24, 2.45) is 0 Å². The molecule has 2 atom stereocenters. The first kappa shape index (κ1) is 26.8. The molecular weight excluding hydrogens is 508 g/mol. The summed E-state index contributed by atoms with van der Waals surface area (Å²) in [5.74, 6) is -0.732. The number of carbonyl (C=O) groups is 2. The minimum atomic E-state index is -1.52. The molecule has 0 aliphatic carbocycles. The highest BCUT2D eigenvalue weighted by atomic mass is 16.5. The van der Waals surface area contributed by atoms with E-state index in [4.69, 9.17) is 9.47 Å². The number of fused-ring (bicyclic) bond motifs is 1.